The summed E-state index contributed by atoms with van der Waals surface area (Å²) in [6.45, 7) is 1.64. The molecule has 5 nitrogen and oxygen atoms in total. The van der Waals surface area contributed by atoms with Gasteiger partial charge in [-0.15, -0.1) is 0 Å². The van der Waals surface area contributed by atoms with E-state index in [1.165, 1.54) is 7.11 Å². The van der Waals surface area contributed by atoms with Gasteiger partial charge in [-0.1, -0.05) is 0 Å². The molecule has 0 saturated carbocycles. The molecule has 0 aliphatic rings. The van der Waals surface area contributed by atoms with Crippen LogP contribution < -0.4 is 15.1 Å². The van der Waals surface area contributed by atoms with Crippen LogP contribution in [0.3, 0.4) is 0 Å². The van der Waals surface area contributed by atoms with E-state index >= 15 is 0 Å². The Morgan fingerprint density at radius 2 is 2.00 bits per heavy atom. The van der Waals surface area contributed by atoms with Gasteiger partial charge >= 0.3 is 5.63 Å². The van der Waals surface area contributed by atoms with E-state index in [4.69, 9.17) is 13.9 Å². The molecule has 0 saturated heterocycles. The second-order valence-corrected chi connectivity index (χ2v) is 4.35. The Morgan fingerprint density at radius 1 is 1.26 bits per heavy atom. The minimum atomic E-state index is -0.576. The van der Waals surface area contributed by atoms with E-state index in [0.717, 1.165) is 0 Å². The third kappa shape index (κ3) is 2.71. The van der Waals surface area contributed by atoms with E-state index in [1.54, 1.807) is 32.2 Å². The number of ether oxygens (including phenoxy) is 2. The Bertz CT molecular complexity index is 642. The summed E-state index contributed by atoms with van der Waals surface area (Å²) < 4.78 is 15.5. The Kier molecular flexibility index (Phi) is 3.76. The van der Waals surface area contributed by atoms with E-state index in [0.29, 0.717) is 28.0 Å². The lowest BCUT2D eigenvalue weighted by Crippen LogP contribution is -2.09. The standard InChI is InChI=1S/C14H16O5/c1-8(15)4-11-6-9-5-10(17-2)7-12(18-3)13(9)14(16)19-11/h5-8,15H,4H2,1-3H3/t8-/m1/s1. The topological polar surface area (TPSA) is 68.9 Å². The zero-order valence-corrected chi connectivity index (χ0v) is 11.1. The van der Waals surface area contributed by atoms with Crippen molar-refractivity contribution in [2.75, 3.05) is 14.2 Å². The maximum absolute atomic E-state index is 12.0. The third-order valence-electron chi connectivity index (χ3n) is 2.80. The molecule has 0 bridgehead atoms. The maximum atomic E-state index is 12.0. The lowest BCUT2D eigenvalue weighted by atomic mass is 10.1. The molecule has 5 heteroatoms. The van der Waals surface area contributed by atoms with E-state index in [-0.39, 0.29) is 6.42 Å². The van der Waals surface area contributed by atoms with Gasteiger partial charge in [0, 0.05) is 12.5 Å². The molecule has 0 aliphatic carbocycles. The maximum Gasteiger partial charge on any atom is 0.347 e. The molecule has 0 unspecified atom stereocenters. The summed E-state index contributed by atoms with van der Waals surface area (Å²) in [5, 5.41) is 10.4. The van der Waals surface area contributed by atoms with E-state index in [2.05, 4.69) is 0 Å². The van der Waals surface area contributed by atoms with Gasteiger partial charge in [0.15, 0.2) is 0 Å². The molecule has 1 atom stereocenters. The number of hydrogen-bond donors (Lipinski definition) is 1. The van der Waals surface area contributed by atoms with Crippen molar-refractivity contribution < 1.29 is 19.0 Å². The molecule has 1 heterocycles. The van der Waals surface area contributed by atoms with Crippen molar-refractivity contribution in [3.63, 3.8) is 0 Å². The molecule has 0 radical (unpaired) electrons. The van der Waals surface area contributed by atoms with E-state index in [9.17, 15) is 9.90 Å². The van der Waals surface area contributed by atoms with Gasteiger partial charge in [-0.25, -0.2) is 4.79 Å². The number of methoxy groups -OCH3 is 2. The van der Waals surface area contributed by atoms with Crippen LogP contribution in [0.1, 0.15) is 12.7 Å². The zero-order valence-electron chi connectivity index (χ0n) is 11.1. The summed E-state index contributed by atoms with van der Waals surface area (Å²) >= 11 is 0. The molecule has 19 heavy (non-hydrogen) atoms. The van der Waals surface area contributed by atoms with Crippen LogP contribution in [0, 0.1) is 0 Å². The number of fused-ring (bicyclic) bond motifs is 1. The molecule has 1 aromatic heterocycles. The van der Waals surface area contributed by atoms with E-state index in [1.807, 2.05) is 0 Å². The summed E-state index contributed by atoms with van der Waals surface area (Å²) in [6, 6.07) is 5.09. The normalized spacial score (nSPS) is 12.4. The van der Waals surface area contributed by atoms with Crippen LogP contribution in [-0.4, -0.2) is 25.4 Å². The summed E-state index contributed by atoms with van der Waals surface area (Å²) in [5.41, 5.74) is -0.479. The van der Waals surface area contributed by atoms with Crippen LogP contribution >= 0.6 is 0 Å². The third-order valence-corrected chi connectivity index (χ3v) is 2.80. The van der Waals surface area contributed by atoms with Crippen molar-refractivity contribution in [2.45, 2.75) is 19.4 Å². The van der Waals surface area contributed by atoms with Crippen LogP contribution in [0.2, 0.25) is 0 Å². The molecule has 0 fully saturated rings. The van der Waals surface area contributed by atoms with Crippen LogP contribution in [-0.2, 0) is 6.42 Å². The number of hydrogen-bond acceptors (Lipinski definition) is 5. The fourth-order valence-corrected chi connectivity index (χ4v) is 1.99. The van der Waals surface area contributed by atoms with Gasteiger partial charge in [-0.3, -0.25) is 0 Å². The smallest absolute Gasteiger partial charge is 0.347 e. The molecule has 102 valence electrons. The second-order valence-electron chi connectivity index (χ2n) is 4.35. The summed E-state index contributed by atoms with van der Waals surface area (Å²) in [7, 11) is 3.03. The summed E-state index contributed by atoms with van der Waals surface area (Å²) in [4.78, 5) is 12.0. The second kappa shape index (κ2) is 5.32. The summed E-state index contributed by atoms with van der Waals surface area (Å²) in [5.74, 6) is 1.44. The largest absolute Gasteiger partial charge is 0.497 e. The van der Waals surface area contributed by atoms with Gasteiger partial charge in [-0.05, 0) is 24.4 Å². The van der Waals surface area contributed by atoms with Crippen LogP contribution in [0.15, 0.2) is 27.4 Å². The number of benzene rings is 1. The number of rotatable bonds is 4. The highest BCUT2D eigenvalue weighted by Crippen LogP contribution is 2.29. The molecule has 2 aromatic rings. The number of aliphatic hydroxyl groups excluding tert-OH is 1. The molecule has 1 aromatic carbocycles. The molecule has 0 aliphatic heterocycles. The van der Waals surface area contributed by atoms with Gasteiger partial charge in [0.2, 0.25) is 0 Å². The minimum Gasteiger partial charge on any atom is -0.497 e. The van der Waals surface area contributed by atoms with Crippen LogP contribution in [0.25, 0.3) is 10.8 Å². The molecule has 0 amide bonds. The van der Waals surface area contributed by atoms with Gasteiger partial charge in [0.25, 0.3) is 0 Å². The van der Waals surface area contributed by atoms with Crippen molar-refractivity contribution in [1.82, 2.24) is 0 Å². The molecule has 1 N–H and O–H groups in total. The quantitative estimate of drug-likeness (QED) is 0.910. The minimum absolute atomic E-state index is 0.282. The highest BCUT2D eigenvalue weighted by Gasteiger charge is 2.13. The van der Waals surface area contributed by atoms with Gasteiger partial charge < -0.3 is 19.0 Å². The molecular weight excluding hydrogens is 248 g/mol. The van der Waals surface area contributed by atoms with Crippen molar-refractivity contribution in [3.05, 3.63) is 34.4 Å². The first-order valence-electron chi connectivity index (χ1n) is 5.92. The molecular formula is C14H16O5. The van der Waals surface area contributed by atoms with Crippen molar-refractivity contribution in [2.24, 2.45) is 0 Å². The Balaban J connectivity index is 2.69. The van der Waals surface area contributed by atoms with Gasteiger partial charge in [0.05, 0.1) is 20.3 Å². The highest BCUT2D eigenvalue weighted by molar-refractivity contribution is 5.88. The highest BCUT2D eigenvalue weighted by atomic mass is 16.5. The Labute approximate surface area is 110 Å². The lowest BCUT2D eigenvalue weighted by Gasteiger charge is -2.09. The first kappa shape index (κ1) is 13.4. The van der Waals surface area contributed by atoms with Gasteiger partial charge in [0.1, 0.15) is 22.6 Å². The summed E-state index contributed by atoms with van der Waals surface area (Å²) in [6.07, 6.45) is -0.293. The Hall–Kier alpha value is -2.01. The van der Waals surface area contributed by atoms with Crippen LogP contribution in [0.4, 0.5) is 0 Å². The fourth-order valence-electron chi connectivity index (χ4n) is 1.99. The van der Waals surface area contributed by atoms with Crippen molar-refractivity contribution in [3.8, 4) is 11.5 Å². The first-order chi connectivity index (χ1) is 9.05. The lowest BCUT2D eigenvalue weighted by molar-refractivity contribution is 0.186. The van der Waals surface area contributed by atoms with Gasteiger partial charge in [-0.2, -0.15) is 0 Å². The van der Waals surface area contributed by atoms with Crippen LogP contribution in [0.5, 0.6) is 11.5 Å². The van der Waals surface area contributed by atoms with Crippen molar-refractivity contribution >= 4 is 10.8 Å². The Morgan fingerprint density at radius 3 is 2.58 bits per heavy atom. The molecule has 2 rings (SSSR count). The SMILES string of the molecule is COc1cc(OC)c2c(=O)oc(C[C@@H](C)O)cc2c1. The average molecular weight is 264 g/mol. The monoisotopic (exact) mass is 264 g/mol. The fraction of sp³-hybridized carbons (Fsp3) is 0.357. The molecule has 0 spiro atoms. The average Bonchev–Trinajstić information content (AvgIpc) is 2.36. The van der Waals surface area contributed by atoms with E-state index < -0.39 is 11.7 Å². The van der Waals surface area contributed by atoms with Crippen molar-refractivity contribution in [1.29, 1.82) is 0 Å². The first-order valence-corrected chi connectivity index (χ1v) is 5.92. The number of aliphatic hydroxyl groups is 1. The predicted molar refractivity (Wildman–Crippen MR) is 71.0 cm³/mol. The zero-order chi connectivity index (χ0) is 14.0. The predicted octanol–water partition coefficient (Wildman–Crippen LogP) is 1.73.